The Hall–Kier alpha value is -1.62. The van der Waals surface area contributed by atoms with Crippen molar-refractivity contribution in [2.75, 3.05) is 0 Å². The first-order valence-corrected chi connectivity index (χ1v) is 6.02. The second kappa shape index (κ2) is 6.02. The van der Waals surface area contributed by atoms with E-state index in [0.717, 1.165) is 0 Å². The van der Waals surface area contributed by atoms with E-state index in [1.807, 2.05) is 23.9 Å². The minimum atomic E-state index is 0. The number of pyridine rings is 1. The molecule has 0 bridgehead atoms. The minimum absolute atomic E-state index is 0. The van der Waals surface area contributed by atoms with Crippen molar-refractivity contribution < 1.29 is 28.5 Å². The van der Waals surface area contributed by atoms with Crippen LogP contribution in [0.3, 0.4) is 0 Å². The number of H-pyrrole nitrogens is 1. The van der Waals surface area contributed by atoms with Crippen LogP contribution >= 0.6 is 0 Å². The molecule has 1 N–H and O–H groups in total. The summed E-state index contributed by atoms with van der Waals surface area (Å²) in [4.78, 5) is 3.28. The third-order valence-electron chi connectivity index (χ3n) is 3.08. The fraction of sp³-hybridized carbons (Fsp3) is 0.0625. The number of rotatable bonds is 2. The Morgan fingerprint density at radius 2 is 1.74 bits per heavy atom. The number of halogens is 1. The standard InChI is InChI=1S/C16H14N2.HI/c1-18-10-8-13(9-11-18)6-7-14-12-17-16-5-3-2-4-15(14)16;/h2-12H,1H3;1H. The number of nitrogens with one attached hydrogen (secondary N) is 1. The number of aromatic amines is 1. The van der Waals surface area contributed by atoms with E-state index in [9.17, 15) is 0 Å². The number of aromatic nitrogens is 2. The Morgan fingerprint density at radius 3 is 2.53 bits per heavy atom. The van der Waals surface area contributed by atoms with Gasteiger partial charge >= 0.3 is 0 Å². The zero-order chi connectivity index (χ0) is 12.4. The second-order valence-electron chi connectivity index (χ2n) is 4.42. The summed E-state index contributed by atoms with van der Waals surface area (Å²) in [5, 5.41) is 1.26. The Kier molecular flexibility index (Phi) is 4.37. The molecule has 3 rings (SSSR count). The molecule has 0 aliphatic rings. The molecule has 0 aliphatic heterocycles. The zero-order valence-electron chi connectivity index (χ0n) is 10.7. The van der Waals surface area contributed by atoms with E-state index in [0.29, 0.717) is 0 Å². The van der Waals surface area contributed by atoms with Crippen LogP contribution in [0.25, 0.3) is 23.1 Å². The lowest BCUT2D eigenvalue weighted by atomic mass is 10.1. The number of hydrogen-bond acceptors (Lipinski definition) is 0. The molecular weight excluding hydrogens is 347 g/mol. The molecular formula is C16H15IN2. The van der Waals surface area contributed by atoms with Crippen molar-refractivity contribution in [3.8, 4) is 0 Å². The van der Waals surface area contributed by atoms with Gasteiger partial charge in [-0.1, -0.05) is 30.4 Å². The molecule has 2 nitrogen and oxygen atoms in total. The van der Waals surface area contributed by atoms with Gasteiger partial charge in [0.05, 0.1) is 0 Å². The fourth-order valence-corrected chi connectivity index (χ4v) is 2.04. The van der Waals surface area contributed by atoms with E-state index in [1.165, 1.54) is 22.0 Å². The van der Waals surface area contributed by atoms with Crippen molar-refractivity contribution in [2.45, 2.75) is 0 Å². The number of nitrogens with zero attached hydrogens (tertiary/aromatic N) is 1. The highest BCUT2D eigenvalue weighted by Crippen LogP contribution is 2.19. The van der Waals surface area contributed by atoms with E-state index in [2.05, 4.69) is 59.9 Å². The summed E-state index contributed by atoms with van der Waals surface area (Å²) in [6, 6.07) is 12.5. The molecule has 3 aromatic rings. The Balaban J connectivity index is 0.00000133. The van der Waals surface area contributed by atoms with Gasteiger partial charge in [0.1, 0.15) is 7.05 Å². The summed E-state index contributed by atoms with van der Waals surface area (Å²) in [6.45, 7) is 0. The maximum absolute atomic E-state index is 3.28. The molecule has 0 saturated carbocycles. The predicted octanol–water partition coefficient (Wildman–Crippen LogP) is 0.167. The number of benzene rings is 1. The highest BCUT2D eigenvalue weighted by atomic mass is 127. The lowest BCUT2D eigenvalue weighted by Gasteiger charge is -1.92. The van der Waals surface area contributed by atoms with Gasteiger partial charge in [-0.3, -0.25) is 0 Å². The molecule has 0 spiro atoms. The fourth-order valence-electron chi connectivity index (χ4n) is 2.04. The molecule has 1 aromatic carbocycles. The van der Waals surface area contributed by atoms with Crippen molar-refractivity contribution in [1.82, 2.24) is 4.98 Å². The van der Waals surface area contributed by atoms with Gasteiger partial charge in [0.15, 0.2) is 12.4 Å². The molecule has 0 radical (unpaired) electrons. The smallest absolute Gasteiger partial charge is 0.169 e. The van der Waals surface area contributed by atoms with Crippen molar-refractivity contribution in [1.29, 1.82) is 0 Å². The van der Waals surface area contributed by atoms with E-state index in [1.54, 1.807) is 0 Å². The monoisotopic (exact) mass is 362 g/mol. The highest BCUT2D eigenvalue weighted by Gasteiger charge is 1.99. The maximum Gasteiger partial charge on any atom is 0.169 e. The van der Waals surface area contributed by atoms with Crippen molar-refractivity contribution >= 4 is 23.1 Å². The van der Waals surface area contributed by atoms with Crippen molar-refractivity contribution in [3.05, 3.63) is 66.1 Å². The Morgan fingerprint density at radius 1 is 1.00 bits per heavy atom. The summed E-state index contributed by atoms with van der Waals surface area (Å²) in [7, 11) is 2.02. The topological polar surface area (TPSA) is 19.7 Å². The Bertz CT molecular complexity index is 696. The number of aryl methyl sites for hydroxylation is 1. The van der Waals surface area contributed by atoms with Gasteiger partial charge in [-0.15, -0.1) is 0 Å². The van der Waals surface area contributed by atoms with Gasteiger partial charge in [-0.05, 0) is 17.2 Å². The van der Waals surface area contributed by atoms with E-state index in [4.69, 9.17) is 0 Å². The summed E-state index contributed by atoms with van der Waals surface area (Å²) >= 11 is 0. The van der Waals surface area contributed by atoms with Crippen LogP contribution in [0.2, 0.25) is 0 Å². The number of para-hydroxylation sites is 1. The van der Waals surface area contributed by atoms with E-state index >= 15 is 0 Å². The van der Waals surface area contributed by atoms with Crippen LogP contribution in [0.15, 0.2) is 55.0 Å². The normalized spacial score (nSPS) is 10.8. The first kappa shape index (κ1) is 13.8. The molecule has 96 valence electrons. The quantitative estimate of drug-likeness (QED) is 0.495. The van der Waals surface area contributed by atoms with Gasteiger partial charge in [-0.25, -0.2) is 4.57 Å². The van der Waals surface area contributed by atoms with Gasteiger partial charge in [0, 0.05) is 29.2 Å². The third-order valence-corrected chi connectivity index (χ3v) is 3.08. The molecule has 2 heterocycles. The summed E-state index contributed by atoms with van der Waals surface area (Å²) in [6.07, 6.45) is 10.4. The van der Waals surface area contributed by atoms with Crippen LogP contribution in [0, 0.1) is 0 Å². The molecule has 0 amide bonds. The second-order valence-corrected chi connectivity index (χ2v) is 4.42. The van der Waals surface area contributed by atoms with Gasteiger partial charge in [0.25, 0.3) is 0 Å². The summed E-state index contributed by atoms with van der Waals surface area (Å²) in [5.74, 6) is 0. The zero-order valence-corrected chi connectivity index (χ0v) is 12.8. The Labute approximate surface area is 129 Å². The first-order valence-electron chi connectivity index (χ1n) is 6.02. The number of hydrogen-bond donors (Lipinski definition) is 1. The van der Waals surface area contributed by atoms with Crippen LogP contribution in [-0.2, 0) is 7.05 Å². The molecule has 19 heavy (non-hydrogen) atoms. The van der Waals surface area contributed by atoms with E-state index in [-0.39, 0.29) is 24.0 Å². The third kappa shape index (κ3) is 3.04. The largest absolute Gasteiger partial charge is 1.00 e. The van der Waals surface area contributed by atoms with Crippen molar-refractivity contribution in [3.63, 3.8) is 0 Å². The van der Waals surface area contributed by atoms with E-state index < -0.39 is 0 Å². The maximum atomic E-state index is 3.28. The average Bonchev–Trinajstić information content (AvgIpc) is 2.82. The van der Waals surface area contributed by atoms with Crippen LogP contribution in [0.5, 0.6) is 0 Å². The first-order chi connectivity index (χ1) is 8.83. The van der Waals surface area contributed by atoms with Crippen LogP contribution in [0.4, 0.5) is 0 Å². The van der Waals surface area contributed by atoms with Gasteiger partial charge in [-0.2, -0.15) is 0 Å². The van der Waals surface area contributed by atoms with Crippen molar-refractivity contribution in [2.24, 2.45) is 7.05 Å². The highest BCUT2D eigenvalue weighted by molar-refractivity contribution is 5.91. The van der Waals surface area contributed by atoms with Gasteiger partial charge in [0.2, 0.25) is 0 Å². The average molecular weight is 362 g/mol. The van der Waals surface area contributed by atoms with Crippen LogP contribution in [-0.4, -0.2) is 4.98 Å². The van der Waals surface area contributed by atoms with Gasteiger partial charge < -0.3 is 29.0 Å². The minimum Gasteiger partial charge on any atom is -1.00 e. The molecule has 0 saturated heterocycles. The summed E-state index contributed by atoms with van der Waals surface area (Å²) < 4.78 is 2.03. The molecule has 0 atom stereocenters. The predicted molar refractivity (Wildman–Crippen MR) is 74.8 cm³/mol. The SMILES string of the molecule is C[n+]1ccc(/C=C/c2c[nH]c3ccccc23)cc1.[I-]. The molecule has 2 aromatic heterocycles. The van der Waals surface area contributed by atoms with Crippen LogP contribution < -0.4 is 28.5 Å². The molecule has 0 fully saturated rings. The lowest BCUT2D eigenvalue weighted by Crippen LogP contribution is -3.00. The molecule has 0 unspecified atom stereocenters. The number of fused-ring (bicyclic) bond motifs is 1. The molecule has 3 heteroatoms. The van der Waals surface area contributed by atoms with Crippen LogP contribution in [0.1, 0.15) is 11.1 Å². The molecule has 0 aliphatic carbocycles. The lowest BCUT2D eigenvalue weighted by molar-refractivity contribution is -0.671. The summed E-state index contributed by atoms with van der Waals surface area (Å²) in [5.41, 5.74) is 3.61.